The number of rotatable bonds is 9. The number of fused-ring (bicyclic) bond motifs is 1. The quantitative estimate of drug-likeness (QED) is 0.146. The van der Waals surface area contributed by atoms with Gasteiger partial charge in [-0.3, -0.25) is 0 Å². The van der Waals surface area contributed by atoms with Gasteiger partial charge in [-0.2, -0.15) is 0 Å². The van der Waals surface area contributed by atoms with Gasteiger partial charge in [0.05, 0.1) is 0 Å². The Kier molecular flexibility index (Phi) is 9.27. The Balaban J connectivity index is 0.956. The smallest absolute Gasteiger partial charge is 0.136 e. The molecule has 0 aliphatic heterocycles. The van der Waals surface area contributed by atoms with Gasteiger partial charge in [0.1, 0.15) is 11.3 Å². The highest BCUT2D eigenvalue weighted by Crippen LogP contribution is 2.39. The van der Waals surface area contributed by atoms with Crippen LogP contribution in [0.2, 0.25) is 0 Å². The Hall–Kier alpha value is -7.68. The maximum Gasteiger partial charge on any atom is 0.136 e. The van der Waals surface area contributed by atoms with Crippen LogP contribution in [0.15, 0.2) is 241 Å². The molecule has 1 heterocycles. The maximum absolute atomic E-state index is 6.27. The topological polar surface area (TPSA) is 16.4 Å². The molecular weight excluding hydrogens is 703 g/mol. The van der Waals surface area contributed by atoms with Crippen LogP contribution in [-0.2, 0) is 0 Å². The monoisotopic (exact) mass is 741 g/mol. The van der Waals surface area contributed by atoms with Crippen molar-refractivity contribution in [2.75, 3.05) is 4.90 Å². The fourth-order valence-electron chi connectivity index (χ4n) is 7.90. The molecule has 0 amide bonds. The molecule has 10 aromatic rings. The molecule has 0 atom stereocenters. The fraction of sp³-hybridized carbons (Fsp3) is 0. The minimum absolute atomic E-state index is 0.877. The standard InChI is InChI=1S/C56H39NO/c1-3-12-40(13-4-1)43-26-32-50(33-27-43)57(52-36-30-45(31-37-52)48-18-11-17-47(38-48)41-14-5-2-6-15-41)51-34-28-44(29-35-51)42-22-24-46(25-23-42)53-19-8-9-20-54(53)56-39-49-16-7-10-21-55(49)58-56/h1-39H. The first-order valence-electron chi connectivity index (χ1n) is 19.7. The molecule has 0 saturated carbocycles. The number of hydrogen-bond donors (Lipinski definition) is 0. The molecular formula is C56H39NO. The van der Waals surface area contributed by atoms with E-state index in [1.165, 1.54) is 33.4 Å². The van der Waals surface area contributed by atoms with Gasteiger partial charge in [0.15, 0.2) is 0 Å². The lowest BCUT2D eigenvalue weighted by Gasteiger charge is -2.26. The normalized spacial score (nSPS) is 11.1. The van der Waals surface area contributed by atoms with Crippen LogP contribution in [0, 0.1) is 0 Å². The van der Waals surface area contributed by atoms with E-state index in [4.69, 9.17) is 4.42 Å². The van der Waals surface area contributed by atoms with Crippen LogP contribution in [0.3, 0.4) is 0 Å². The molecule has 274 valence electrons. The second kappa shape index (κ2) is 15.5. The van der Waals surface area contributed by atoms with Crippen molar-refractivity contribution in [2.24, 2.45) is 0 Å². The van der Waals surface area contributed by atoms with Crippen LogP contribution in [-0.4, -0.2) is 0 Å². The van der Waals surface area contributed by atoms with Gasteiger partial charge in [-0.15, -0.1) is 0 Å². The molecule has 0 fully saturated rings. The Bertz CT molecular complexity index is 2910. The zero-order chi connectivity index (χ0) is 38.7. The summed E-state index contributed by atoms with van der Waals surface area (Å²) in [4.78, 5) is 2.33. The summed E-state index contributed by atoms with van der Waals surface area (Å²) in [5, 5.41) is 1.11. The van der Waals surface area contributed by atoms with Crippen molar-refractivity contribution in [2.45, 2.75) is 0 Å². The zero-order valence-corrected chi connectivity index (χ0v) is 31.9. The van der Waals surface area contributed by atoms with E-state index in [1.807, 2.05) is 18.2 Å². The van der Waals surface area contributed by atoms with Gasteiger partial charge in [-0.25, -0.2) is 0 Å². The minimum Gasteiger partial charge on any atom is -0.456 e. The second-order valence-electron chi connectivity index (χ2n) is 14.6. The molecule has 1 aromatic heterocycles. The Morgan fingerprint density at radius 2 is 0.638 bits per heavy atom. The van der Waals surface area contributed by atoms with E-state index in [9.17, 15) is 0 Å². The molecule has 0 radical (unpaired) electrons. The number of hydrogen-bond acceptors (Lipinski definition) is 2. The van der Waals surface area contributed by atoms with Crippen molar-refractivity contribution >= 4 is 28.0 Å². The molecule has 58 heavy (non-hydrogen) atoms. The largest absolute Gasteiger partial charge is 0.456 e. The van der Waals surface area contributed by atoms with E-state index in [-0.39, 0.29) is 0 Å². The molecule has 0 aliphatic carbocycles. The summed E-state index contributed by atoms with van der Waals surface area (Å²) < 4.78 is 6.27. The molecule has 0 spiro atoms. The average Bonchev–Trinajstić information content (AvgIpc) is 3.75. The van der Waals surface area contributed by atoms with Crippen LogP contribution in [0.1, 0.15) is 0 Å². The Morgan fingerprint density at radius 1 is 0.259 bits per heavy atom. The number of anilines is 3. The van der Waals surface area contributed by atoms with Crippen molar-refractivity contribution < 1.29 is 4.42 Å². The third-order valence-electron chi connectivity index (χ3n) is 10.9. The summed E-state index contributed by atoms with van der Waals surface area (Å²) in [5.74, 6) is 0.877. The van der Waals surface area contributed by atoms with E-state index < -0.39 is 0 Å². The third-order valence-corrected chi connectivity index (χ3v) is 10.9. The summed E-state index contributed by atoms with van der Waals surface area (Å²) >= 11 is 0. The molecule has 0 saturated heterocycles. The summed E-state index contributed by atoms with van der Waals surface area (Å²) in [6.45, 7) is 0. The highest BCUT2D eigenvalue weighted by Gasteiger charge is 2.15. The predicted molar refractivity (Wildman–Crippen MR) is 244 cm³/mol. The molecule has 0 aliphatic rings. The van der Waals surface area contributed by atoms with Gasteiger partial charge >= 0.3 is 0 Å². The number of nitrogens with zero attached hydrogens (tertiary/aromatic N) is 1. The SMILES string of the molecule is c1ccc(-c2ccc(N(c3ccc(-c4ccc(-c5ccccc5-c5cc6ccccc6o5)cc4)cc3)c3ccc(-c4cccc(-c5ccccc5)c4)cc3)cc2)cc1. The fourth-order valence-corrected chi connectivity index (χ4v) is 7.90. The maximum atomic E-state index is 6.27. The summed E-state index contributed by atoms with van der Waals surface area (Å²) in [5.41, 5.74) is 17.1. The van der Waals surface area contributed by atoms with Gasteiger partial charge in [0, 0.05) is 28.0 Å². The van der Waals surface area contributed by atoms with Gasteiger partial charge < -0.3 is 9.32 Å². The number of benzene rings is 9. The summed E-state index contributed by atoms with van der Waals surface area (Å²) in [7, 11) is 0. The first-order chi connectivity index (χ1) is 28.7. The lowest BCUT2D eigenvalue weighted by atomic mass is 9.95. The Morgan fingerprint density at radius 3 is 1.17 bits per heavy atom. The van der Waals surface area contributed by atoms with Crippen molar-refractivity contribution in [3.05, 3.63) is 237 Å². The number of furan rings is 1. The van der Waals surface area contributed by atoms with Gasteiger partial charge in [0.2, 0.25) is 0 Å². The van der Waals surface area contributed by atoms with Crippen LogP contribution in [0.25, 0.3) is 77.9 Å². The minimum atomic E-state index is 0.877. The highest BCUT2D eigenvalue weighted by atomic mass is 16.3. The van der Waals surface area contributed by atoms with Gasteiger partial charge in [-0.05, 0) is 110 Å². The van der Waals surface area contributed by atoms with Crippen molar-refractivity contribution in [1.29, 1.82) is 0 Å². The van der Waals surface area contributed by atoms with E-state index in [2.05, 4.69) is 223 Å². The highest BCUT2D eigenvalue weighted by molar-refractivity contribution is 5.89. The Labute approximate surface area is 339 Å². The third kappa shape index (κ3) is 7.00. The van der Waals surface area contributed by atoms with E-state index in [1.54, 1.807) is 0 Å². The predicted octanol–water partition coefficient (Wildman–Crippen LogP) is 15.9. The summed E-state index contributed by atoms with van der Waals surface area (Å²) in [6.07, 6.45) is 0. The summed E-state index contributed by atoms with van der Waals surface area (Å²) in [6, 6.07) is 84.2. The zero-order valence-electron chi connectivity index (χ0n) is 31.9. The lowest BCUT2D eigenvalue weighted by Crippen LogP contribution is -2.09. The van der Waals surface area contributed by atoms with Crippen LogP contribution in [0.5, 0.6) is 0 Å². The van der Waals surface area contributed by atoms with Crippen LogP contribution < -0.4 is 4.90 Å². The second-order valence-corrected chi connectivity index (χ2v) is 14.6. The molecule has 0 unspecified atom stereocenters. The van der Waals surface area contributed by atoms with E-state index in [0.717, 1.165) is 61.6 Å². The molecule has 2 heteroatoms. The lowest BCUT2D eigenvalue weighted by molar-refractivity contribution is 0.632. The molecule has 2 nitrogen and oxygen atoms in total. The van der Waals surface area contributed by atoms with E-state index >= 15 is 0 Å². The molecule has 9 aromatic carbocycles. The van der Waals surface area contributed by atoms with Gasteiger partial charge in [0.25, 0.3) is 0 Å². The van der Waals surface area contributed by atoms with E-state index in [0.29, 0.717) is 0 Å². The van der Waals surface area contributed by atoms with Crippen LogP contribution >= 0.6 is 0 Å². The van der Waals surface area contributed by atoms with Crippen molar-refractivity contribution in [1.82, 2.24) is 0 Å². The molecule has 0 N–H and O–H groups in total. The van der Waals surface area contributed by atoms with Crippen molar-refractivity contribution in [3.63, 3.8) is 0 Å². The van der Waals surface area contributed by atoms with Gasteiger partial charge in [-0.1, -0.05) is 182 Å². The molecule has 10 rings (SSSR count). The van der Waals surface area contributed by atoms with Crippen molar-refractivity contribution in [3.8, 4) is 67.0 Å². The first kappa shape index (κ1) is 34.8. The van der Waals surface area contributed by atoms with Crippen LogP contribution in [0.4, 0.5) is 17.1 Å². The number of para-hydroxylation sites is 1. The first-order valence-corrected chi connectivity index (χ1v) is 19.7. The molecule has 0 bridgehead atoms. The average molecular weight is 742 g/mol.